The number of rotatable bonds is 11. The first-order valence-electron chi connectivity index (χ1n) is 12.8. The van der Waals surface area contributed by atoms with Crippen molar-refractivity contribution in [3.8, 4) is 11.5 Å². The second kappa shape index (κ2) is 14.3. The summed E-state index contributed by atoms with van der Waals surface area (Å²) in [6.07, 6.45) is 5.84. The summed E-state index contributed by atoms with van der Waals surface area (Å²) in [7, 11) is 1.64. The number of nitrogens with zero attached hydrogens (tertiary/aromatic N) is 2. The Hall–Kier alpha value is -3.15. The zero-order valence-electron chi connectivity index (χ0n) is 22.4. The predicted molar refractivity (Wildman–Crippen MR) is 147 cm³/mol. The molecule has 2 aromatic carbocycles. The molecule has 1 aliphatic heterocycles. The van der Waals surface area contributed by atoms with Gasteiger partial charge in [0.25, 0.3) is 0 Å². The van der Waals surface area contributed by atoms with Gasteiger partial charge < -0.3 is 19.7 Å². The molecule has 0 bridgehead atoms. The highest BCUT2D eigenvalue weighted by atomic mass is 16.5. The van der Waals surface area contributed by atoms with Crippen molar-refractivity contribution >= 4 is 17.4 Å². The van der Waals surface area contributed by atoms with Crippen molar-refractivity contribution in [2.45, 2.75) is 72.9 Å². The van der Waals surface area contributed by atoms with Crippen molar-refractivity contribution in [3.05, 3.63) is 60.3 Å². The van der Waals surface area contributed by atoms with E-state index in [1.807, 2.05) is 54.0 Å². The first-order valence-corrected chi connectivity index (χ1v) is 12.8. The molecule has 0 radical (unpaired) electrons. The number of methoxy groups -OCH3 is 1. The van der Waals surface area contributed by atoms with Gasteiger partial charge in [-0.25, -0.2) is 4.79 Å². The Balaban J connectivity index is 0.00000210. The van der Waals surface area contributed by atoms with Crippen LogP contribution in [0.2, 0.25) is 0 Å². The van der Waals surface area contributed by atoms with Gasteiger partial charge in [-0.2, -0.15) is 0 Å². The second-order valence-electron chi connectivity index (χ2n) is 8.53. The summed E-state index contributed by atoms with van der Waals surface area (Å²) in [5.74, 6) is 1.37. The third kappa shape index (κ3) is 7.17. The Morgan fingerprint density at radius 2 is 1.94 bits per heavy atom. The van der Waals surface area contributed by atoms with E-state index >= 15 is 0 Å². The van der Waals surface area contributed by atoms with E-state index in [-0.39, 0.29) is 12.1 Å². The Kier molecular flexibility index (Phi) is 11.5. The van der Waals surface area contributed by atoms with Gasteiger partial charge in [0.05, 0.1) is 13.7 Å². The highest BCUT2D eigenvalue weighted by Crippen LogP contribution is 2.34. The summed E-state index contributed by atoms with van der Waals surface area (Å²) >= 11 is 0. The quantitative estimate of drug-likeness (QED) is 0.340. The van der Waals surface area contributed by atoms with Crippen LogP contribution < -0.4 is 19.7 Å². The summed E-state index contributed by atoms with van der Waals surface area (Å²) in [6, 6.07) is 12.0. The van der Waals surface area contributed by atoms with E-state index in [0.29, 0.717) is 31.2 Å². The molecule has 1 saturated heterocycles. The van der Waals surface area contributed by atoms with Crippen LogP contribution in [-0.2, 0) is 6.54 Å². The molecular weight excluding hydrogens is 438 g/mol. The summed E-state index contributed by atoms with van der Waals surface area (Å²) in [5.41, 5.74) is 4.10. The van der Waals surface area contributed by atoms with Crippen molar-refractivity contribution < 1.29 is 14.3 Å². The molecule has 1 heterocycles. The lowest BCUT2D eigenvalue weighted by molar-refractivity contribution is 0.166. The zero-order valence-corrected chi connectivity index (χ0v) is 22.4. The second-order valence-corrected chi connectivity index (χ2v) is 8.53. The van der Waals surface area contributed by atoms with Crippen LogP contribution in [0.1, 0.15) is 64.5 Å². The van der Waals surface area contributed by atoms with Crippen molar-refractivity contribution in [2.24, 2.45) is 0 Å². The third-order valence-corrected chi connectivity index (χ3v) is 6.29. The molecule has 2 aromatic rings. The molecule has 0 saturated carbocycles. The SMILES string of the molecule is C=CNc1cccc(CN2C(=O)N(c3ccc(OC)c(OCCCCC)c3)CC[C@H]2C)c1C.CC. The summed E-state index contributed by atoms with van der Waals surface area (Å²) in [6.45, 7) is 16.0. The molecule has 1 N–H and O–H groups in total. The Morgan fingerprint density at radius 1 is 1.17 bits per heavy atom. The van der Waals surface area contributed by atoms with Crippen LogP contribution >= 0.6 is 0 Å². The van der Waals surface area contributed by atoms with Gasteiger partial charge in [-0.15, -0.1) is 0 Å². The van der Waals surface area contributed by atoms with Gasteiger partial charge in [0, 0.05) is 36.6 Å². The highest BCUT2D eigenvalue weighted by molar-refractivity contribution is 5.93. The van der Waals surface area contributed by atoms with Crippen molar-refractivity contribution in [2.75, 3.05) is 30.5 Å². The fourth-order valence-electron chi connectivity index (χ4n) is 4.16. The number of benzene rings is 2. The number of nitrogens with one attached hydrogen (secondary N) is 1. The van der Waals surface area contributed by atoms with Crippen LogP contribution in [0.4, 0.5) is 16.2 Å². The van der Waals surface area contributed by atoms with Crippen LogP contribution in [0.15, 0.2) is 49.2 Å². The van der Waals surface area contributed by atoms with Gasteiger partial charge in [0.15, 0.2) is 11.5 Å². The van der Waals surface area contributed by atoms with Gasteiger partial charge in [-0.05, 0) is 62.2 Å². The first-order chi connectivity index (χ1) is 17.0. The van der Waals surface area contributed by atoms with Crippen LogP contribution in [0, 0.1) is 6.92 Å². The Bertz CT molecular complexity index is 960. The average molecular weight is 482 g/mol. The maximum absolute atomic E-state index is 13.6. The lowest BCUT2D eigenvalue weighted by atomic mass is 10.0. The molecule has 0 unspecified atom stereocenters. The highest BCUT2D eigenvalue weighted by Gasteiger charge is 2.32. The molecule has 1 aliphatic rings. The summed E-state index contributed by atoms with van der Waals surface area (Å²) < 4.78 is 11.5. The number of hydrogen-bond acceptors (Lipinski definition) is 4. The van der Waals surface area contributed by atoms with Crippen LogP contribution in [-0.4, -0.2) is 37.2 Å². The number of carbonyl (C=O) groups is 1. The Morgan fingerprint density at radius 3 is 2.63 bits per heavy atom. The number of hydrogen-bond donors (Lipinski definition) is 1. The normalized spacial score (nSPS) is 15.3. The van der Waals surface area contributed by atoms with E-state index in [4.69, 9.17) is 9.47 Å². The molecule has 2 amide bonds. The smallest absolute Gasteiger partial charge is 0.325 e. The predicted octanol–water partition coefficient (Wildman–Crippen LogP) is 7.38. The molecule has 0 aromatic heterocycles. The van der Waals surface area contributed by atoms with E-state index in [1.54, 1.807) is 13.3 Å². The van der Waals surface area contributed by atoms with Gasteiger partial charge in [0.1, 0.15) is 0 Å². The standard InChI is InChI=1S/C27H37N3O3.C2H6/c1-6-8-9-17-33-26-18-23(13-14-25(26)32-5)29-16-15-20(3)30(27(29)31)19-22-11-10-12-24(21(22)4)28-7-2;1-2/h7,10-14,18,20,28H,2,6,8-9,15-17,19H2,1,3-5H3;1-2H3/t20-;/m1./s1. The Labute approximate surface area is 211 Å². The van der Waals surface area contributed by atoms with E-state index in [2.05, 4.69) is 38.7 Å². The fourth-order valence-corrected chi connectivity index (χ4v) is 4.16. The topological polar surface area (TPSA) is 54.0 Å². The number of anilines is 2. The number of ether oxygens (including phenoxy) is 2. The molecule has 6 nitrogen and oxygen atoms in total. The van der Waals surface area contributed by atoms with Crippen molar-refractivity contribution in [1.29, 1.82) is 0 Å². The van der Waals surface area contributed by atoms with Gasteiger partial charge >= 0.3 is 6.03 Å². The molecule has 3 rings (SSSR count). The molecule has 1 fully saturated rings. The maximum atomic E-state index is 13.6. The lowest BCUT2D eigenvalue weighted by Crippen LogP contribution is -2.53. The maximum Gasteiger partial charge on any atom is 0.325 e. The van der Waals surface area contributed by atoms with Gasteiger partial charge in [-0.1, -0.05) is 52.3 Å². The molecule has 1 atom stereocenters. The third-order valence-electron chi connectivity index (χ3n) is 6.29. The van der Waals surface area contributed by atoms with Crippen LogP contribution in [0.25, 0.3) is 0 Å². The summed E-state index contributed by atoms with van der Waals surface area (Å²) in [5, 5.41) is 3.18. The van der Waals surface area contributed by atoms with Gasteiger partial charge in [-0.3, -0.25) is 4.90 Å². The molecule has 0 spiro atoms. The summed E-state index contributed by atoms with van der Waals surface area (Å²) in [4.78, 5) is 17.4. The van der Waals surface area contributed by atoms with Gasteiger partial charge in [0.2, 0.25) is 0 Å². The average Bonchev–Trinajstić information content (AvgIpc) is 2.88. The van der Waals surface area contributed by atoms with Crippen molar-refractivity contribution in [1.82, 2.24) is 4.90 Å². The van der Waals surface area contributed by atoms with Crippen molar-refractivity contribution in [3.63, 3.8) is 0 Å². The number of amides is 2. The van der Waals surface area contributed by atoms with E-state index < -0.39 is 0 Å². The molecule has 6 heteroatoms. The minimum Gasteiger partial charge on any atom is -0.493 e. The van der Waals surface area contributed by atoms with E-state index in [1.165, 1.54) is 0 Å². The van der Waals surface area contributed by atoms with Crippen LogP contribution in [0.5, 0.6) is 11.5 Å². The number of unbranched alkanes of at least 4 members (excludes halogenated alkanes) is 2. The molecule has 0 aliphatic carbocycles. The molecule has 192 valence electrons. The number of urea groups is 1. The lowest BCUT2D eigenvalue weighted by Gasteiger charge is -2.40. The zero-order chi connectivity index (χ0) is 25.8. The molecule has 35 heavy (non-hydrogen) atoms. The first kappa shape index (κ1) is 28.1. The van der Waals surface area contributed by atoms with E-state index in [9.17, 15) is 4.79 Å². The fraction of sp³-hybridized carbons (Fsp3) is 0.483. The van der Waals surface area contributed by atoms with Crippen LogP contribution in [0.3, 0.4) is 0 Å². The minimum absolute atomic E-state index is 0.0114. The number of carbonyl (C=O) groups excluding carboxylic acids is 1. The van der Waals surface area contributed by atoms with E-state index in [0.717, 1.165) is 48.2 Å². The largest absolute Gasteiger partial charge is 0.493 e. The molecular formula is C29H43N3O3. The monoisotopic (exact) mass is 481 g/mol. The minimum atomic E-state index is 0.0114.